The number of anilines is 2. The monoisotopic (exact) mass is 300 g/mol. The van der Waals surface area contributed by atoms with Crippen LogP contribution in [-0.2, 0) is 11.2 Å². The SMILES string of the molecule is O=CCCc1ccc2nc(Nc3ccccc3Cl)oc2c1. The second-order valence-electron chi connectivity index (χ2n) is 4.63. The van der Waals surface area contributed by atoms with Gasteiger partial charge in [-0.2, -0.15) is 4.98 Å². The predicted molar refractivity (Wildman–Crippen MR) is 83.1 cm³/mol. The molecule has 1 N–H and O–H groups in total. The highest BCUT2D eigenvalue weighted by atomic mass is 35.5. The maximum absolute atomic E-state index is 10.4. The lowest BCUT2D eigenvalue weighted by Gasteiger charge is -2.02. The molecular weight excluding hydrogens is 288 g/mol. The number of nitrogens with zero attached hydrogens (tertiary/aromatic N) is 1. The Labute approximate surface area is 126 Å². The van der Waals surface area contributed by atoms with Gasteiger partial charge in [0.25, 0.3) is 6.01 Å². The largest absolute Gasteiger partial charge is 0.423 e. The fraction of sp³-hybridized carbons (Fsp3) is 0.125. The molecule has 1 aromatic heterocycles. The van der Waals surface area contributed by atoms with E-state index in [1.54, 1.807) is 6.07 Å². The van der Waals surface area contributed by atoms with Gasteiger partial charge in [-0.15, -0.1) is 0 Å². The number of hydrogen-bond donors (Lipinski definition) is 1. The summed E-state index contributed by atoms with van der Waals surface area (Å²) in [5, 5.41) is 3.66. The number of carbonyl (C=O) groups is 1. The van der Waals surface area contributed by atoms with Crippen molar-refractivity contribution in [1.82, 2.24) is 4.98 Å². The molecule has 0 spiro atoms. The number of aryl methyl sites for hydroxylation is 1. The standard InChI is InChI=1S/C16H13ClN2O2/c17-12-5-1-2-6-13(12)18-16-19-14-8-7-11(4-3-9-20)10-15(14)21-16/h1-2,5-10H,3-4H2,(H,18,19). The van der Waals surface area contributed by atoms with E-state index in [0.29, 0.717) is 29.5 Å². The Bertz CT molecular complexity index is 783. The van der Waals surface area contributed by atoms with Crippen molar-refractivity contribution in [2.24, 2.45) is 0 Å². The van der Waals surface area contributed by atoms with Crippen molar-refractivity contribution in [1.29, 1.82) is 0 Å². The van der Waals surface area contributed by atoms with Gasteiger partial charge in [0.05, 0.1) is 10.7 Å². The molecule has 106 valence electrons. The molecule has 0 unspecified atom stereocenters. The lowest BCUT2D eigenvalue weighted by atomic mass is 10.1. The third kappa shape index (κ3) is 3.06. The van der Waals surface area contributed by atoms with Crippen molar-refractivity contribution in [3.8, 4) is 0 Å². The van der Waals surface area contributed by atoms with Gasteiger partial charge in [0, 0.05) is 6.42 Å². The number of aromatic nitrogens is 1. The summed E-state index contributed by atoms with van der Waals surface area (Å²) < 4.78 is 5.68. The molecule has 21 heavy (non-hydrogen) atoms. The highest BCUT2D eigenvalue weighted by molar-refractivity contribution is 6.33. The molecule has 3 aromatic rings. The first-order valence-electron chi connectivity index (χ1n) is 6.61. The molecular formula is C16H13ClN2O2. The zero-order valence-corrected chi connectivity index (χ0v) is 11.9. The van der Waals surface area contributed by atoms with Crippen molar-refractivity contribution in [2.75, 3.05) is 5.32 Å². The smallest absolute Gasteiger partial charge is 0.300 e. The van der Waals surface area contributed by atoms with Gasteiger partial charge in [0.1, 0.15) is 11.8 Å². The molecule has 0 aliphatic rings. The van der Waals surface area contributed by atoms with Crippen LogP contribution in [0.1, 0.15) is 12.0 Å². The summed E-state index contributed by atoms with van der Waals surface area (Å²) in [7, 11) is 0. The predicted octanol–water partition coefficient (Wildman–Crippen LogP) is 4.36. The lowest BCUT2D eigenvalue weighted by Crippen LogP contribution is -1.90. The molecule has 0 saturated carbocycles. The van der Waals surface area contributed by atoms with E-state index >= 15 is 0 Å². The maximum Gasteiger partial charge on any atom is 0.300 e. The number of carbonyl (C=O) groups excluding carboxylic acids is 1. The van der Waals surface area contributed by atoms with Gasteiger partial charge in [0.15, 0.2) is 5.58 Å². The molecule has 5 heteroatoms. The first-order chi connectivity index (χ1) is 10.3. The van der Waals surface area contributed by atoms with Gasteiger partial charge in [-0.05, 0) is 36.2 Å². The van der Waals surface area contributed by atoms with Gasteiger partial charge in [-0.3, -0.25) is 0 Å². The molecule has 0 radical (unpaired) electrons. The van der Waals surface area contributed by atoms with Crippen molar-refractivity contribution in [2.45, 2.75) is 12.8 Å². The lowest BCUT2D eigenvalue weighted by molar-refractivity contribution is -0.107. The van der Waals surface area contributed by atoms with E-state index in [0.717, 1.165) is 23.1 Å². The molecule has 1 heterocycles. The Balaban J connectivity index is 1.87. The van der Waals surface area contributed by atoms with Crippen LogP contribution in [0.2, 0.25) is 5.02 Å². The third-order valence-corrected chi connectivity index (χ3v) is 3.45. The number of benzene rings is 2. The van der Waals surface area contributed by atoms with E-state index in [4.69, 9.17) is 16.0 Å². The van der Waals surface area contributed by atoms with Gasteiger partial charge in [0.2, 0.25) is 0 Å². The molecule has 0 aliphatic carbocycles. The van der Waals surface area contributed by atoms with Crippen LogP contribution in [0.4, 0.5) is 11.7 Å². The molecule has 0 aliphatic heterocycles. The second kappa shape index (κ2) is 5.97. The minimum Gasteiger partial charge on any atom is -0.423 e. The zero-order valence-electron chi connectivity index (χ0n) is 11.2. The normalized spacial score (nSPS) is 10.7. The fourth-order valence-corrected chi connectivity index (χ4v) is 2.26. The zero-order chi connectivity index (χ0) is 14.7. The summed E-state index contributed by atoms with van der Waals surface area (Å²) in [6.45, 7) is 0. The Morgan fingerprint density at radius 1 is 1.24 bits per heavy atom. The molecule has 0 atom stereocenters. The maximum atomic E-state index is 10.4. The van der Waals surface area contributed by atoms with Crippen LogP contribution in [0, 0.1) is 0 Å². The Hall–Kier alpha value is -2.33. The van der Waals surface area contributed by atoms with Crippen molar-refractivity contribution in [3.05, 3.63) is 53.1 Å². The number of fused-ring (bicyclic) bond motifs is 1. The molecule has 4 nitrogen and oxygen atoms in total. The number of hydrogen-bond acceptors (Lipinski definition) is 4. The summed E-state index contributed by atoms with van der Waals surface area (Å²) in [5.41, 5.74) is 3.24. The number of nitrogens with one attached hydrogen (secondary N) is 1. The first kappa shape index (κ1) is 13.6. The van der Waals surface area contributed by atoms with Crippen LogP contribution in [-0.4, -0.2) is 11.3 Å². The van der Waals surface area contributed by atoms with Crippen LogP contribution in [0.15, 0.2) is 46.9 Å². The van der Waals surface area contributed by atoms with E-state index in [1.165, 1.54) is 0 Å². The quantitative estimate of drug-likeness (QED) is 0.711. The summed E-state index contributed by atoms with van der Waals surface area (Å²) in [5.74, 6) is 0. The topological polar surface area (TPSA) is 55.1 Å². The summed E-state index contributed by atoms with van der Waals surface area (Å²) in [4.78, 5) is 14.8. The Kier molecular flexibility index (Phi) is 3.88. The van der Waals surface area contributed by atoms with Crippen molar-refractivity contribution < 1.29 is 9.21 Å². The minimum absolute atomic E-state index is 0.394. The molecule has 0 fully saturated rings. The summed E-state index contributed by atoms with van der Waals surface area (Å²) >= 11 is 6.09. The van der Waals surface area contributed by atoms with E-state index in [1.807, 2.05) is 36.4 Å². The van der Waals surface area contributed by atoms with Crippen LogP contribution < -0.4 is 5.32 Å². The van der Waals surface area contributed by atoms with E-state index in [2.05, 4.69) is 10.3 Å². The van der Waals surface area contributed by atoms with Gasteiger partial charge in [-0.1, -0.05) is 29.8 Å². The highest BCUT2D eigenvalue weighted by Crippen LogP contribution is 2.27. The van der Waals surface area contributed by atoms with Gasteiger partial charge >= 0.3 is 0 Å². The summed E-state index contributed by atoms with van der Waals surface area (Å²) in [6.07, 6.45) is 2.12. The van der Waals surface area contributed by atoms with Crippen LogP contribution in [0.5, 0.6) is 0 Å². The number of halogens is 1. The number of aldehydes is 1. The number of para-hydroxylation sites is 1. The second-order valence-corrected chi connectivity index (χ2v) is 5.04. The first-order valence-corrected chi connectivity index (χ1v) is 6.99. The average Bonchev–Trinajstić information content (AvgIpc) is 2.89. The van der Waals surface area contributed by atoms with Crippen molar-refractivity contribution in [3.63, 3.8) is 0 Å². The van der Waals surface area contributed by atoms with Gasteiger partial charge < -0.3 is 14.5 Å². The molecule has 0 saturated heterocycles. The van der Waals surface area contributed by atoms with E-state index in [9.17, 15) is 4.79 Å². The minimum atomic E-state index is 0.394. The molecule has 0 bridgehead atoms. The van der Waals surface area contributed by atoms with Crippen LogP contribution in [0.25, 0.3) is 11.1 Å². The fourth-order valence-electron chi connectivity index (χ4n) is 2.08. The van der Waals surface area contributed by atoms with E-state index in [-0.39, 0.29) is 0 Å². The average molecular weight is 301 g/mol. The Morgan fingerprint density at radius 2 is 2.10 bits per heavy atom. The molecule has 2 aromatic carbocycles. The van der Waals surface area contributed by atoms with Crippen LogP contribution >= 0.6 is 11.6 Å². The van der Waals surface area contributed by atoms with Crippen molar-refractivity contribution >= 4 is 40.7 Å². The van der Waals surface area contributed by atoms with Gasteiger partial charge in [-0.25, -0.2) is 0 Å². The Morgan fingerprint density at radius 3 is 2.90 bits per heavy atom. The van der Waals surface area contributed by atoms with E-state index < -0.39 is 0 Å². The number of rotatable bonds is 5. The third-order valence-electron chi connectivity index (χ3n) is 3.12. The highest BCUT2D eigenvalue weighted by Gasteiger charge is 2.08. The summed E-state index contributed by atoms with van der Waals surface area (Å²) in [6, 6.07) is 13.5. The van der Waals surface area contributed by atoms with Crippen LogP contribution in [0.3, 0.4) is 0 Å². The molecule has 0 amide bonds. The number of oxazole rings is 1. The molecule has 3 rings (SSSR count).